The predicted octanol–water partition coefficient (Wildman–Crippen LogP) is 7.47. The third-order valence-corrected chi connectivity index (χ3v) is 8.04. The SMILES string of the molecule is Cc1ccc(N2/C(=N/C(=O)NCc3ccc(-c4ncn(-c5ccc(OC(F)(F)F)cc5)n4)cc3)SCC2C)c(C(C)C)c1. The highest BCUT2D eigenvalue weighted by Gasteiger charge is 2.32. The van der Waals surface area contributed by atoms with Gasteiger partial charge in [-0.3, -0.25) is 0 Å². The average Bonchev–Trinajstić information content (AvgIpc) is 3.59. The number of aromatic nitrogens is 3. The van der Waals surface area contributed by atoms with Crippen LogP contribution in [0.25, 0.3) is 17.1 Å². The minimum absolute atomic E-state index is 0.212. The minimum Gasteiger partial charge on any atom is -0.406 e. The van der Waals surface area contributed by atoms with Crippen LogP contribution in [0, 0.1) is 6.92 Å². The topological polar surface area (TPSA) is 84.6 Å². The number of amidine groups is 1. The minimum atomic E-state index is -4.75. The maximum atomic E-state index is 12.8. The number of nitrogens with zero attached hydrogens (tertiary/aromatic N) is 5. The second kappa shape index (κ2) is 12.5. The van der Waals surface area contributed by atoms with E-state index in [0.717, 1.165) is 22.6 Å². The first-order chi connectivity index (χ1) is 20.5. The molecule has 1 saturated heterocycles. The number of anilines is 1. The van der Waals surface area contributed by atoms with E-state index in [1.165, 1.54) is 46.4 Å². The van der Waals surface area contributed by atoms with Crippen LogP contribution in [0.2, 0.25) is 0 Å². The Kier molecular flexibility index (Phi) is 8.77. The molecule has 1 unspecified atom stereocenters. The number of aryl methyl sites for hydroxylation is 1. The monoisotopic (exact) mass is 608 g/mol. The Bertz CT molecular complexity index is 1620. The van der Waals surface area contributed by atoms with Crippen LogP contribution in [-0.2, 0) is 6.54 Å². The van der Waals surface area contributed by atoms with Crippen molar-refractivity contribution in [3.8, 4) is 22.8 Å². The van der Waals surface area contributed by atoms with E-state index < -0.39 is 12.4 Å². The summed E-state index contributed by atoms with van der Waals surface area (Å²) in [5, 5.41) is 7.99. The highest BCUT2D eigenvalue weighted by atomic mass is 32.2. The molecule has 1 N–H and O–H groups in total. The molecule has 8 nitrogen and oxygen atoms in total. The lowest BCUT2D eigenvalue weighted by Crippen LogP contribution is -2.34. The molecular formula is C31H31F3N6O2S. The van der Waals surface area contributed by atoms with Gasteiger partial charge >= 0.3 is 12.4 Å². The molecule has 0 radical (unpaired) electrons. The number of halogens is 3. The number of amides is 2. The van der Waals surface area contributed by atoms with Crippen LogP contribution in [0.1, 0.15) is 43.4 Å². The van der Waals surface area contributed by atoms with Crippen molar-refractivity contribution < 1.29 is 22.7 Å². The number of ether oxygens (including phenoxy) is 1. The van der Waals surface area contributed by atoms with E-state index in [4.69, 9.17) is 0 Å². The molecule has 224 valence electrons. The number of urea groups is 1. The standard InChI is InChI=1S/C31H31F3N6O2S/c1-19(2)26-15-20(3)5-14-27(26)40-21(4)17-43-30(40)37-29(41)35-16-22-6-8-23(9-7-22)28-36-18-39(38-28)24-10-12-25(13-11-24)42-31(32,33)34/h5-15,18-19,21H,16-17H2,1-4H3,(H,35,41)/b37-30-. The number of hydrogen-bond acceptors (Lipinski definition) is 5. The van der Waals surface area contributed by atoms with Crippen molar-refractivity contribution >= 4 is 28.6 Å². The highest BCUT2D eigenvalue weighted by Crippen LogP contribution is 2.36. The molecular weight excluding hydrogens is 577 g/mol. The first-order valence-corrected chi connectivity index (χ1v) is 14.7. The summed E-state index contributed by atoms with van der Waals surface area (Å²) in [5.41, 5.74) is 5.68. The van der Waals surface area contributed by atoms with Crippen molar-refractivity contribution in [3.05, 3.63) is 89.7 Å². The fourth-order valence-electron chi connectivity index (χ4n) is 4.71. The maximum absolute atomic E-state index is 12.8. The van der Waals surface area contributed by atoms with Crippen LogP contribution in [-0.4, -0.2) is 44.1 Å². The number of alkyl halides is 3. The van der Waals surface area contributed by atoms with E-state index in [2.05, 4.69) is 75.9 Å². The summed E-state index contributed by atoms with van der Waals surface area (Å²) < 4.78 is 42.6. The zero-order chi connectivity index (χ0) is 30.7. The Morgan fingerprint density at radius 2 is 1.84 bits per heavy atom. The number of rotatable bonds is 7. The van der Waals surface area contributed by atoms with Crippen LogP contribution >= 0.6 is 11.8 Å². The molecule has 2 heterocycles. The van der Waals surface area contributed by atoms with Crippen LogP contribution in [0.4, 0.5) is 23.7 Å². The number of aliphatic imine (C=N–C) groups is 1. The van der Waals surface area contributed by atoms with Gasteiger partial charge in [0.25, 0.3) is 0 Å². The normalized spacial score (nSPS) is 16.2. The van der Waals surface area contributed by atoms with Crippen molar-refractivity contribution in [1.82, 2.24) is 20.1 Å². The lowest BCUT2D eigenvalue weighted by atomic mass is 9.98. The summed E-state index contributed by atoms with van der Waals surface area (Å²) in [5.74, 6) is 1.32. The van der Waals surface area contributed by atoms with Gasteiger partial charge in [-0.05, 0) is 61.2 Å². The van der Waals surface area contributed by atoms with Gasteiger partial charge in [0.1, 0.15) is 12.1 Å². The zero-order valence-electron chi connectivity index (χ0n) is 24.1. The molecule has 0 aliphatic carbocycles. The van der Waals surface area contributed by atoms with E-state index >= 15 is 0 Å². The third kappa shape index (κ3) is 7.37. The quantitative estimate of drug-likeness (QED) is 0.234. The summed E-state index contributed by atoms with van der Waals surface area (Å²) in [6.07, 6.45) is -3.27. The third-order valence-electron chi connectivity index (χ3n) is 6.84. The second-order valence-corrected chi connectivity index (χ2v) is 11.5. The number of thioether (sulfide) groups is 1. The van der Waals surface area contributed by atoms with Crippen molar-refractivity contribution in [2.45, 2.75) is 52.6 Å². The molecule has 5 rings (SSSR count). The fraction of sp³-hybridized carbons (Fsp3) is 0.290. The molecule has 43 heavy (non-hydrogen) atoms. The van der Waals surface area contributed by atoms with E-state index in [-0.39, 0.29) is 11.8 Å². The van der Waals surface area contributed by atoms with Gasteiger partial charge in [0.05, 0.1) is 5.69 Å². The first kappa shape index (κ1) is 30.1. The lowest BCUT2D eigenvalue weighted by Gasteiger charge is -2.27. The molecule has 12 heteroatoms. The molecule has 0 bridgehead atoms. The van der Waals surface area contributed by atoms with E-state index in [1.54, 1.807) is 11.8 Å². The molecule has 1 atom stereocenters. The molecule has 4 aromatic rings. The van der Waals surface area contributed by atoms with E-state index in [1.807, 2.05) is 24.3 Å². The van der Waals surface area contributed by atoms with Crippen LogP contribution in [0.15, 0.2) is 78.0 Å². The van der Waals surface area contributed by atoms with Crippen molar-refractivity contribution in [2.75, 3.05) is 10.7 Å². The largest absolute Gasteiger partial charge is 0.573 e. The summed E-state index contributed by atoms with van der Waals surface area (Å²) in [7, 11) is 0. The smallest absolute Gasteiger partial charge is 0.406 e. The summed E-state index contributed by atoms with van der Waals surface area (Å²) in [6, 6.07) is 19.0. The second-order valence-electron chi connectivity index (χ2n) is 10.6. The van der Waals surface area contributed by atoms with Gasteiger partial charge in [0.15, 0.2) is 11.0 Å². The molecule has 1 fully saturated rings. The van der Waals surface area contributed by atoms with Crippen molar-refractivity contribution in [2.24, 2.45) is 4.99 Å². The van der Waals surface area contributed by atoms with Gasteiger partial charge < -0.3 is 15.0 Å². The molecule has 2 amide bonds. The Morgan fingerprint density at radius 3 is 2.51 bits per heavy atom. The Labute approximate surface area is 252 Å². The van der Waals surface area contributed by atoms with Crippen molar-refractivity contribution in [3.63, 3.8) is 0 Å². The van der Waals surface area contributed by atoms with Gasteiger partial charge in [-0.2, -0.15) is 4.99 Å². The van der Waals surface area contributed by atoms with Crippen LogP contribution in [0.3, 0.4) is 0 Å². The average molecular weight is 609 g/mol. The Morgan fingerprint density at radius 1 is 1.12 bits per heavy atom. The Hall–Kier alpha value is -4.32. The van der Waals surface area contributed by atoms with Gasteiger partial charge in [-0.1, -0.05) is 67.6 Å². The van der Waals surface area contributed by atoms with E-state index in [0.29, 0.717) is 29.1 Å². The fourth-order valence-corrected chi connectivity index (χ4v) is 5.81. The summed E-state index contributed by atoms with van der Waals surface area (Å²) in [4.78, 5) is 23.7. The first-order valence-electron chi connectivity index (χ1n) is 13.7. The van der Waals surface area contributed by atoms with Gasteiger partial charge in [0, 0.05) is 29.6 Å². The van der Waals surface area contributed by atoms with E-state index in [9.17, 15) is 18.0 Å². The molecule has 3 aromatic carbocycles. The van der Waals surface area contributed by atoms with Gasteiger partial charge in [-0.15, -0.1) is 18.3 Å². The number of nitrogens with one attached hydrogen (secondary N) is 1. The summed E-state index contributed by atoms with van der Waals surface area (Å²) in [6.45, 7) is 8.86. The molecule has 0 spiro atoms. The Balaban J connectivity index is 1.21. The summed E-state index contributed by atoms with van der Waals surface area (Å²) >= 11 is 1.58. The highest BCUT2D eigenvalue weighted by molar-refractivity contribution is 8.14. The molecule has 1 aliphatic heterocycles. The maximum Gasteiger partial charge on any atom is 0.573 e. The number of carbonyl (C=O) groups is 1. The molecule has 1 aliphatic rings. The number of hydrogen-bond donors (Lipinski definition) is 1. The van der Waals surface area contributed by atoms with Gasteiger partial charge in [0.2, 0.25) is 0 Å². The predicted molar refractivity (Wildman–Crippen MR) is 163 cm³/mol. The molecule has 0 saturated carbocycles. The van der Waals surface area contributed by atoms with Crippen LogP contribution in [0.5, 0.6) is 5.75 Å². The van der Waals surface area contributed by atoms with Gasteiger partial charge in [-0.25, -0.2) is 14.5 Å². The van der Waals surface area contributed by atoms with Crippen LogP contribution < -0.4 is 15.0 Å². The number of carbonyl (C=O) groups excluding carboxylic acids is 1. The van der Waals surface area contributed by atoms with Crippen molar-refractivity contribution in [1.29, 1.82) is 0 Å². The molecule has 1 aromatic heterocycles. The lowest BCUT2D eigenvalue weighted by molar-refractivity contribution is -0.274. The number of benzene rings is 3. The zero-order valence-corrected chi connectivity index (χ0v) is 24.9.